The lowest BCUT2D eigenvalue weighted by atomic mass is 10.1. The first kappa shape index (κ1) is 12.2. The second-order valence-corrected chi connectivity index (χ2v) is 4.49. The summed E-state index contributed by atoms with van der Waals surface area (Å²) in [4.78, 5) is 0. The average molecular weight is 206 g/mol. The van der Waals surface area contributed by atoms with Gasteiger partial charge in [0.15, 0.2) is 0 Å². The van der Waals surface area contributed by atoms with E-state index < -0.39 is 0 Å². The third kappa shape index (κ3) is 4.45. The molecule has 0 bridgehead atoms. The number of hydrogen-bond donors (Lipinski definition) is 2. The van der Waals surface area contributed by atoms with Gasteiger partial charge in [0.1, 0.15) is 0 Å². The number of rotatable bonds is 5. The maximum Gasteiger partial charge on any atom is 0.0839 e. The predicted molar refractivity (Wildman–Crippen MR) is 65.7 cm³/mol. The van der Waals surface area contributed by atoms with Crippen LogP contribution in [-0.4, -0.2) is 12.1 Å². The molecule has 15 heavy (non-hydrogen) atoms. The van der Waals surface area contributed by atoms with Crippen LogP contribution in [0.3, 0.4) is 0 Å². The van der Waals surface area contributed by atoms with Crippen LogP contribution in [0.4, 0.5) is 0 Å². The summed E-state index contributed by atoms with van der Waals surface area (Å²) in [5.41, 5.74) is 1.29. The molecule has 0 aliphatic carbocycles. The molecule has 0 aliphatic heterocycles. The molecule has 2 heteroatoms. The zero-order valence-electron chi connectivity index (χ0n) is 10.1. The van der Waals surface area contributed by atoms with Crippen molar-refractivity contribution in [2.75, 3.05) is 0 Å². The molecule has 2 N–H and O–H groups in total. The molecule has 0 fully saturated rings. The molecule has 0 spiro atoms. The molecule has 0 amide bonds. The van der Waals surface area contributed by atoms with Crippen molar-refractivity contribution < 1.29 is 0 Å². The van der Waals surface area contributed by atoms with E-state index >= 15 is 0 Å². The quantitative estimate of drug-likeness (QED) is 0.724. The van der Waals surface area contributed by atoms with Crippen LogP contribution in [0, 0.1) is 0 Å². The Morgan fingerprint density at radius 3 is 1.67 bits per heavy atom. The Morgan fingerprint density at radius 1 is 0.800 bits per heavy atom. The van der Waals surface area contributed by atoms with Crippen LogP contribution in [0.15, 0.2) is 30.3 Å². The van der Waals surface area contributed by atoms with Gasteiger partial charge in [0.25, 0.3) is 0 Å². The summed E-state index contributed by atoms with van der Waals surface area (Å²) >= 11 is 0. The molecule has 0 saturated carbocycles. The Balaban J connectivity index is 2.72. The first-order valence-corrected chi connectivity index (χ1v) is 5.66. The van der Waals surface area contributed by atoms with Gasteiger partial charge < -0.3 is 0 Å². The van der Waals surface area contributed by atoms with Gasteiger partial charge in [0.05, 0.1) is 6.17 Å². The van der Waals surface area contributed by atoms with Crippen molar-refractivity contribution in [2.45, 2.75) is 45.9 Å². The monoisotopic (exact) mass is 206 g/mol. The summed E-state index contributed by atoms with van der Waals surface area (Å²) in [6.07, 6.45) is 0.242. The largest absolute Gasteiger partial charge is 0.296 e. The fourth-order valence-corrected chi connectivity index (χ4v) is 1.55. The molecule has 0 aliphatic rings. The van der Waals surface area contributed by atoms with Gasteiger partial charge in [-0.3, -0.25) is 10.6 Å². The van der Waals surface area contributed by atoms with Crippen LogP contribution in [0.25, 0.3) is 0 Å². The van der Waals surface area contributed by atoms with Crippen molar-refractivity contribution in [1.82, 2.24) is 10.6 Å². The van der Waals surface area contributed by atoms with Crippen molar-refractivity contribution in [3.05, 3.63) is 35.9 Å². The van der Waals surface area contributed by atoms with E-state index in [2.05, 4.69) is 62.6 Å². The average Bonchev–Trinajstić information content (AvgIpc) is 2.17. The molecule has 0 aromatic heterocycles. The molecule has 0 saturated heterocycles. The van der Waals surface area contributed by atoms with Gasteiger partial charge in [-0.2, -0.15) is 0 Å². The fraction of sp³-hybridized carbons (Fsp3) is 0.538. The second-order valence-electron chi connectivity index (χ2n) is 4.49. The van der Waals surface area contributed by atoms with E-state index in [0.29, 0.717) is 12.1 Å². The van der Waals surface area contributed by atoms with Gasteiger partial charge in [0.2, 0.25) is 0 Å². The van der Waals surface area contributed by atoms with Gasteiger partial charge in [-0.05, 0) is 33.3 Å². The minimum atomic E-state index is 0.242. The van der Waals surface area contributed by atoms with Gasteiger partial charge in [-0.25, -0.2) is 0 Å². The van der Waals surface area contributed by atoms with E-state index in [9.17, 15) is 0 Å². The minimum Gasteiger partial charge on any atom is -0.296 e. The zero-order chi connectivity index (χ0) is 11.3. The summed E-state index contributed by atoms with van der Waals surface area (Å²) in [7, 11) is 0. The van der Waals surface area contributed by atoms with Gasteiger partial charge in [-0.15, -0.1) is 0 Å². The second kappa shape index (κ2) is 5.89. The Kier molecular flexibility index (Phi) is 4.79. The van der Waals surface area contributed by atoms with Crippen LogP contribution < -0.4 is 10.6 Å². The van der Waals surface area contributed by atoms with Crippen molar-refractivity contribution in [3.8, 4) is 0 Å². The first-order chi connectivity index (χ1) is 7.09. The van der Waals surface area contributed by atoms with Crippen LogP contribution in [-0.2, 0) is 0 Å². The Labute approximate surface area is 93.1 Å². The van der Waals surface area contributed by atoms with Gasteiger partial charge in [0, 0.05) is 12.1 Å². The van der Waals surface area contributed by atoms with Crippen molar-refractivity contribution in [2.24, 2.45) is 0 Å². The van der Waals surface area contributed by atoms with Crippen LogP contribution in [0.1, 0.15) is 39.4 Å². The number of hydrogen-bond acceptors (Lipinski definition) is 2. The summed E-state index contributed by atoms with van der Waals surface area (Å²) in [5, 5.41) is 7.03. The summed E-state index contributed by atoms with van der Waals surface area (Å²) in [6, 6.07) is 11.4. The Bertz CT molecular complexity index is 257. The SMILES string of the molecule is CC(C)NC(NC(C)C)c1ccccc1. The normalized spacial score (nSPS) is 11.7. The highest BCUT2D eigenvalue weighted by Gasteiger charge is 2.12. The highest BCUT2D eigenvalue weighted by Crippen LogP contribution is 2.10. The molecule has 0 unspecified atom stereocenters. The summed E-state index contributed by atoms with van der Waals surface area (Å²) < 4.78 is 0. The van der Waals surface area contributed by atoms with E-state index in [0.717, 1.165) is 0 Å². The van der Waals surface area contributed by atoms with E-state index in [-0.39, 0.29) is 6.17 Å². The molecule has 84 valence electrons. The highest BCUT2D eigenvalue weighted by molar-refractivity contribution is 5.18. The highest BCUT2D eigenvalue weighted by atomic mass is 15.1. The molecular weight excluding hydrogens is 184 g/mol. The fourth-order valence-electron chi connectivity index (χ4n) is 1.55. The van der Waals surface area contributed by atoms with Gasteiger partial charge >= 0.3 is 0 Å². The lowest BCUT2D eigenvalue weighted by Crippen LogP contribution is -2.41. The first-order valence-electron chi connectivity index (χ1n) is 5.66. The lowest BCUT2D eigenvalue weighted by Gasteiger charge is -2.25. The van der Waals surface area contributed by atoms with Crippen LogP contribution in [0.5, 0.6) is 0 Å². The van der Waals surface area contributed by atoms with Crippen LogP contribution >= 0.6 is 0 Å². The molecule has 0 radical (unpaired) electrons. The van der Waals surface area contributed by atoms with E-state index in [1.165, 1.54) is 5.56 Å². The Hall–Kier alpha value is -0.860. The molecule has 1 rings (SSSR count). The molecule has 1 aromatic carbocycles. The smallest absolute Gasteiger partial charge is 0.0839 e. The van der Waals surface area contributed by atoms with E-state index in [1.807, 2.05) is 6.07 Å². The summed E-state index contributed by atoms with van der Waals surface area (Å²) in [5.74, 6) is 0. The molecule has 0 atom stereocenters. The topological polar surface area (TPSA) is 24.1 Å². The summed E-state index contributed by atoms with van der Waals surface area (Å²) in [6.45, 7) is 8.66. The molecule has 2 nitrogen and oxygen atoms in total. The van der Waals surface area contributed by atoms with Crippen molar-refractivity contribution in [3.63, 3.8) is 0 Å². The maximum absolute atomic E-state index is 3.52. The van der Waals surface area contributed by atoms with Crippen LogP contribution in [0.2, 0.25) is 0 Å². The Morgan fingerprint density at radius 2 is 1.27 bits per heavy atom. The zero-order valence-corrected chi connectivity index (χ0v) is 10.1. The van der Waals surface area contributed by atoms with E-state index in [1.54, 1.807) is 0 Å². The number of benzene rings is 1. The maximum atomic E-state index is 3.52. The predicted octanol–water partition coefficient (Wildman–Crippen LogP) is 2.68. The van der Waals surface area contributed by atoms with E-state index in [4.69, 9.17) is 0 Å². The van der Waals surface area contributed by atoms with Gasteiger partial charge in [-0.1, -0.05) is 30.3 Å². The number of nitrogens with one attached hydrogen (secondary N) is 2. The third-order valence-electron chi connectivity index (χ3n) is 2.13. The minimum absolute atomic E-state index is 0.242. The van der Waals surface area contributed by atoms with Crippen molar-refractivity contribution >= 4 is 0 Å². The molecule has 0 heterocycles. The molecule has 1 aromatic rings. The standard InChI is InChI=1S/C13H22N2/c1-10(2)14-13(15-11(3)4)12-8-6-5-7-9-12/h5-11,13-15H,1-4H3. The lowest BCUT2D eigenvalue weighted by molar-refractivity contribution is 0.376. The molecular formula is C13H22N2. The van der Waals surface area contributed by atoms with Crippen molar-refractivity contribution in [1.29, 1.82) is 0 Å². The third-order valence-corrected chi connectivity index (χ3v) is 2.13.